The second-order valence-corrected chi connectivity index (χ2v) is 6.88. The Morgan fingerprint density at radius 2 is 1.74 bits per heavy atom. The molecule has 6 heteroatoms. The van der Waals surface area contributed by atoms with Gasteiger partial charge in [-0.05, 0) is 37.6 Å². The van der Waals surface area contributed by atoms with E-state index in [2.05, 4.69) is 0 Å². The predicted octanol–water partition coefficient (Wildman–Crippen LogP) is 3.11. The Labute approximate surface area is 158 Å². The molecule has 2 heterocycles. The van der Waals surface area contributed by atoms with Gasteiger partial charge in [0.05, 0.1) is 11.0 Å². The summed E-state index contributed by atoms with van der Waals surface area (Å²) in [5.74, 6) is 1.93. The number of hydrogen-bond acceptors (Lipinski definition) is 5. The minimum atomic E-state index is -0.117. The highest BCUT2D eigenvalue weighted by Crippen LogP contribution is 2.30. The molecule has 4 rings (SSSR count). The largest absolute Gasteiger partial charge is 0.483 e. The molecule has 2 aromatic carbocycles. The van der Waals surface area contributed by atoms with Gasteiger partial charge < -0.3 is 9.64 Å². The van der Waals surface area contributed by atoms with E-state index >= 15 is 0 Å². The molecule has 0 saturated carbocycles. The zero-order valence-corrected chi connectivity index (χ0v) is 15.8. The van der Waals surface area contributed by atoms with Crippen LogP contribution in [0.1, 0.15) is 11.1 Å². The molecule has 0 N–H and O–H groups in total. The first kappa shape index (κ1) is 17.3. The molecule has 0 atom stereocenters. The van der Waals surface area contributed by atoms with E-state index in [-0.39, 0.29) is 12.5 Å². The number of nitrogens with zero attached hydrogens (tertiary/aromatic N) is 4. The highest BCUT2D eigenvalue weighted by atomic mass is 16.5. The van der Waals surface area contributed by atoms with Crippen molar-refractivity contribution in [3.8, 4) is 5.75 Å². The summed E-state index contributed by atoms with van der Waals surface area (Å²) >= 11 is 0. The van der Waals surface area contributed by atoms with Crippen LogP contribution in [0.3, 0.4) is 0 Å². The average molecular weight is 362 g/mol. The van der Waals surface area contributed by atoms with Crippen LogP contribution >= 0.6 is 0 Å². The van der Waals surface area contributed by atoms with Gasteiger partial charge in [0.15, 0.2) is 18.2 Å². The lowest BCUT2D eigenvalue weighted by atomic mass is 10.1. The third kappa shape index (κ3) is 3.30. The number of carbonyl (C=O) groups excluding carboxylic acids is 1. The van der Waals surface area contributed by atoms with Crippen molar-refractivity contribution in [2.24, 2.45) is 0 Å². The summed E-state index contributed by atoms with van der Waals surface area (Å²) in [6.45, 7) is 5.25. The quantitative estimate of drug-likeness (QED) is 0.717. The summed E-state index contributed by atoms with van der Waals surface area (Å²) < 4.78 is 5.78. The van der Waals surface area contributed by atoms with E-state index in [1.54, 1.807) is 4.90 Å². The number of aromatic nitrogens is 2. The molecule has 1 aliphatic rings. The first-order valence-electron chi connectivity index (χ1n) is 9.01. The monoisotopic (exact) mass is 362 g/mol. The van der Waals surface area contributed by atoms with Crippen LogP contribution in [-0.4, -0.2) is 42.6 Å². The van der Waals surface area contributed by atoms with Gasteiger partial charge in [0.1, 0.15) is 5.75 Å². The van der Waals surface area contributed by atoms with E-state index in [0.29, 0.717) is 18.9 Å². The molecule has 138 valence electrons. The van der Waals surface area contributed by atoms with E-state index in [1.807, 2.05) is 68.3 Å². The molecule has 1 aromatic heterocycles. The summed E-state index contributed by atoms with van der Waals surface area (Å²) in [6.07, 6.45) is 0. The molecular formula is C21H22N4O2. The lowest BCUT2D eigenvalue weighted by Crippen LogP contribution is -2.45. The summed E-state index contributed by atoms with van der Waals surface area (Å²) in [5, 5.41) is 0. The molecule has 0 spiro atoms. The Morgan fingerprint density at radius 1 is 1.04 bits per heavy atom. The van der Waals surface area contributed by atoms with Crippen LogP contribution in [0, 0.1) is 13.8 Å². The zero-order valence-electron chi connectivity index (χ0n) is 15.8. The van der Waals surface area contributed by atoms with Gasteiger partial charge in [-0.3, -0.25) is 9.69 Å². The number of hydrogen-bond donors (Lipinski definition) is 0. The summed E-state index contributed by atoms with van der Waals surface area (Å²) in [7, 11) is 1.97. The van der Waals surface area contributed by atoms with Crippen LogP contribution < -0.4 is 14.5 Å². The third-order valence-corrected chi connectivity index (χ3v) is 4.79. The first-order valence-corrected chi connectivity index (χ1v) is 9.01. The van der Waals surface area contributed by atoms with Gasteiger partial charge in [-0.25, -0.2) is 9.97 Å². The number of aryl methyl sites for hydroxylation is 2. The first-order chi connectivity index (χ1) is 13.0. The van der Waals surface area contributed by atoms with Crippen LogP contribution in [0.25, 0.3) is 11.0 Å². The van der Waals surface area contributed by atoms with Crippen molar-refractivity contribution in [1.29, 1.82) is 0 Å². The Bertz CT molecular complexity index is 1020. The highest BCUT2D eigenvalue weighted by Gasteiger charge is 2.28. The van der Waals surface area contributed by atoms with E-state index in [9.17, 15) is 4.79 Å². The van der Waals surface area contributed by atoms with Crippen LogP contribution in [0.4, 0.5) is 11.6 Å². The number of rotatable bonds is 3. The smallest absolute Gasteiger partial charge is 0.266 e. The molecule has 0 fully saturated rings. The van der Waals surface area contributed by atoms with E-state index in [4.69, 9.17) is 14.7 Å². The fourth-order valence-electron chi connectivity index (χ4n) is 3.30. The zero-order chi connectivity index (χ0) is 19.0. The molecular weight excluding hydrogens is 340 g/mol. The molecule has 1 aliphatic heterocycles. The van der Waals surface area contributed by atoms with Gasteiger partial charge in [0.2, 0.25) is 0 Å². The highest BCUT2D eigenvalue weighted by molar-refractivity contribution is 5.98. The minimum Gasteiger partial charge on any atom is -0.483 e. The Balaban J connectivity index is 1.60. The van der Waals surface area contributed by atoms with E-state index in [1.165, 1.54) is 5.56 Å². The second kappa shape index (κ2) is 6.87. The molecule has 0 bridgehead atoms. The van der Waals surface area contributed by atoms with Gasteiger partial charge in [-0.15, -0.1) is 0 Å². The number of amides is 1. The number of carbonyl (C=O) groups is 1. The molecule has 1 amide bonds. The maximum atomic E-state index is 12.9. The molecule has 0 radical (unpaired) electrons. The molecule has 27 heavy (non-hydrogen) atoms. The summed E-state index contributed by atoms with van der Waals surface area (Å²) in [4.78, 5) is 26.0. The van der Waals surface area contributed by atoms with Crippen molar-refractivity contribution in [1.82, 2.24) is 9.97 Å². The van der Waals surface area contributed by atoms with Gasteiger partial charge >= 0.3 is 0 Å². The SMILES string of the molecule is Cc1ccc(OCC(=O)N2CCN(C)c3nc4ccccc4nc32)c(C)c1. The van der Waals surface area contributed by atoms with Crippen LogP contribution in [0.2, 0.25) is 0 Å². The molecule has 0 unspecified atom stereocenters. The Hall–Kier alpha value is -3.15. The van der Waals surface area contributed by atoms with Gasteiger partial charge in [-0.2, -0.15) is 0 Å². The average Bonchev–Trinajstić information content (AvgIpc) is 2.66. The van der Waals surface area contributed by atoms with Gasteiger partial charge in [0.25, 0.3) is 5.91 Å². The second-order valence-electron chi connectivity index (χ2n) is 6.88. The number of benzene rings is 2. The van der Waals surface area contributed by atoms with Gasteiger partial charge in [0, 0.05) is 20.1 Å². The topological polar surface area (TPSA) is 58.6 Å². The molecule has 0 aliphatic carbocycles. The minimum absolute atomic E-state index is 0.0262. The maximum Gasteiger partial charge on any atom is 0.266 e. The number of ether oxygens (including phenoxy) is 1. The number of anilines is 2. The lowest BCUT2D eigenvalue weighted by molar-refractivity contribution is -0.120. The van der Waals surface area contributed by atoms with Crippen molar-refractivity contribution in [3.05, 3.63) is 53.6 Å². The van der Waals surface area contributed by atoms with Crippen LogP contribution in [-0.2, 0) is 4.79 Å². The number of para-hydroxylation sites is 2. The van der Waals surface area contributed by atoms with Crippen LogP contribution in [0.15, 0.2) is 42.5 Å². The van der Waals surface area contributed by atoms with Crippen molar-refractivity contribution in [2.75, 3.05) is 36.5 Å². The number of fused-ring (bicyclic) bond motifs is 2. The molecule has 0 saturated heterocycles. The normalized spacial score (nSPS) is 13.6. The van der Waals surface area contributed by atoms with E-state index < -0.39 is 0 Å². The third-order valence-electron chi connectivity index (χ3n) is 4.79. The predicted molar refractivity (Wildman–Crippen MR) is 107 cm³/mol. The summed E-state index contributed by atoms with van der Waals surface area (Å²) in [6, 6.07) is 13.6. The van der Waals surface area contributed by atoms with Crippen LogP contribution in [0.5, 0.6) is 5.75 Å². The Kier molecular flexibility index (Phi) is 4.39. The van der Waals surface area contributed by atoms with Crippen molar-refractivity contribution < 1.29 is 9.53 Å². The van der Waals surface area contributed by atoms with Crippen molar-refractivity contribution in [2.45, 2.75) is 13.8 Å². The van der Waals surface area contributed by atoms with E-state index in [0.717, 1.165) is 28.2 Å². The summed E-state index contributed by atoms with van der Waals surface area (Å²) in [5.41, 5.74) is 3.79. The fraction of sp³-hybridized carbons (Fsp3) is 0.286. The van der Waals surface area contributed by atoms with Gasteiger partial charge in [-0.1, -0.05) is 29.8 Å². The lowest BCUT2D eigenvalue weighted by Gasteiger charge is -2.33. The van der Waals surface area contributed by atoms with Crippen molar-refractivity contribution >= 4 is 28.6 Å². The standard InChI is InChI=1S/C21H22N4O2/c1-14-8-9-18(15(2)12-14)27-13-19(26)25-11-10-24(3)20-21(25)23-17-7-5-4-6-16(17)22-20/h4-9,12H,10-11,13H2,1-3H3. The maximum absolute atomic E-state index is 12.9. The Morgan fingerprint density at radius 3 is 2.44 bits per heavy atom. The van der Waals surface area contributed by atoms with Crippen molar-refractivity contribution in [3.63, 3.8) is 0 Å². The fourth-order valence-corrected chi connectivity index (χ4v) is 3.30. The molecule has 3 aromatic rings. The number of likely N-dealkylation sites (N-methyl/N-ethyl adjacent to an activating group) is 1. The molecule has 6 nitrogen and oxygen atoms in total.